The maximum atomic E-state index is 12.8. The van der Waals surface area contributed by atoms with Crippen LogP contribution in [0.1, 0.15) is 29.6 Å². The lowest BCUT2D eigenvalue weighted by molar-refractivity contribution is 0.102. The van der Waals surface area contributed by atoms with Crippen LogP contribution >= 0.6 is 11.6 Å². The number of benzene rings is 3. The topological polar surface area (TPSA) is 88.2 Å². The first kappa shape index (κ1) is 22.4. The molecule has 2 N–H and O–H groups in total. The highest BCUT2D eigenvalue weighted by molar-refractivity contribution is 7.93. The molecule has 8 heteroatoms. The van der Waals surface area contributed by atoms with Gasteiger partial charge in [0.05, 0.1) is 16.0 Å². The number of carbonyl (C=O) groups excluding carboxylic acids is 1. The molecule has 0 bridgehead atoms. The normalized spacial score (nSPS) is 13.9. The van der Waals surface area contributed by atoms with Gasteiger partial charge >= 0.3 is 0 Å². The van der Waals surface area contributed by atoms with E-state index in [1.54, 1.807) is 48.7 Å². The highest BCUT2D eigenvalue weighted by Gasteiger charge is 2.31. The van der Waals surface area contributed by atoms with E-state index in [4.69, 9.17) is 11.6 Å². The van der Waals surface area contributed by atoms with Crippen LogP contribution in [-0.2, 0) is 10.0 Å². The molecule has 1 aromatic heterocycles. The summed E-state index contributed by atoms with van der Waals surface area (Å²) in [6, 6.07) is 21.5. The number of rotatable bonds is 6. The van der Waals surface area contributed by atoms with Crippen LogP contribution in [0.4, 0.5) is 11.4 Å². The molecule has 0 unspecified atom stereocenters. The minimum atomic E-state index is -3.38. The summed E-state index contributed by atoms with van der Waals surface area (Å²) in [5.74, 6) is -0.312. The van der Waals surface area contributed by atoms with Gasteiger partial charge in [0.2, 0.25) is 10.0 Å². The summed E-state index contributed by atoms with van der Waals surface area (Å²) in [6.45, 7) is 0. The summed E-state index contributed by atoms with van der Waals surface area (Å²) in [6.07, 6.45) is 4.05. The fourth-order valence-electron chi connectivity index (χ4n) is 3.94. The predicted molar refractivity (Wildman–Crippen MR) is 137 cm³/mol. The summed E-state index contributed by atoms with van der Waals surface area (Å²) in [5.41, 5.74) is 2.89. The number of nitrogens with one attached hydrogen (secondary N) is 2. The van der Waals surface area contributed by atoms with Crippen molar-refractivity contribution in [2.45, 2.75) is 24.5 Å². The van der Waals surface area contributed by atoms with Gasteiger partial charge in [0.25, 0.3) is 5.91 Å². The number of halogens is 1. The Morgan fingerprint density at radius 1 is 0.941 bits per heavy atom. The van der Waals surface area contributed by atoms with Crippen LogP contribution in [0.15, 0.2) is 79.0 Å². The summed E-state index contributed by atoms with van der Waals surface area (Å²) >= 11 is 6.48. The van der Waals surface area contributed by atoms with Crippen LogP contribution in [0, 0.1) is 0 Å². The fraction of sp³-hybridized carbons (Fsp3) is 0.154. The highest BCUT2D eigenvalue weighted by Crippen LogP contribution is 2.34. The van der Waals surface area contributed by atoms with E-state index in [-0.39, 0.29) is 11.2 Å². The van der Waals surface area contributed by atoms with Gasteiger partial charge < -0.3 is 5.32 Å². The Kier molecular flexibility index (Phi) is 5.98. The molecular weight excluding hydrogens is 470 g/mol. The number of anilines is 2. The van der Waals surface area contributed by atoms with E-state index in [1.807, 2.05) is 30.3 Å². The second-order valence-electron chi connectivity index (χ2n) is 8.31. The lowest BCUT2D eigenvalue weighted by atomic mass is 10.0. The summed E-state index contributed by atoms with van der Waals surface area (Å²) < 4.78 is 27.2. The average molecular weight is 492 g/mol. The molecule has 6 nitrogen and oxygen atoms in total. The van der Waals surface area contributed by atoms with Crippen molar-refractivity contribution in [2.75, 3.05) is 10.0 Å². The zero-order valence-electron chi connectivity index (χ0n) is 18.2. The zero-order chi connectivity index (χ0) is 23.7. The molecule has 4 aromatic rings. The fourth-order valence-corrected chi connectivity index (χ4v) is 5.73. The molecule has 0 spiro atoms. The van der Waals surface area contributed by atoms with Crippen LogP contribution in [0.3, 0.4) is 0 Å². The highest BCUT2D eigenvalue weighted by atomic mass is 35.5. The Bertz CT molecular complexity index is 1480. The third kappa shape index (κ3) is 4.49. The molecule has 3 aromatic carbocycles. The number of aromatic nitrogens is 1. The van der Waals surface area contributed by atoms with E-state index in [9.17, 15) is 13.2 Å². The molecule has 1 amide bonds. The van der Waals surface area contributed by atoms with Gasteiger partial charge in [0.15, 0.2) is 0 Å². The standard InChI is InChI=1S/C26H22ClN3O3S/c27-24-13-12-20(16-23(24)25-22-7-2-1-4-17(22)14-15-28-25)29-26(31)18-8-10-19(11-9-18)30-34(32,33)21-5-3-6-21/h1-2,4,7-16,21,30H,3,5-6H2,(H,29,31). The average Bonchev–Trinajstić information content (AvgIpc) is 2.78. The molecule has 1 fully saturated rings. The van der Waals surface area contributed by atoms with Crippen molar-refractivity contribution in [3.63, 3.8) is 0 Å². The molecule has 1 saturated carbocycles. The van der Waals surface area contributed by atoms with Crippen LogP contribution in [0.5, 0.6) is 0 Å². The number of carbonyl (C=O) groups is 1. The lowest BCUT2D eigenvalue weighted by Gasteiger charge is -2.25. The first-order valence-corrected chi connectivity index (χ1v) is 12.9. The van der Waals surface area contributed by atoms with Crippen molar-refractivity contribution >= 4 is 49.7 Å². The van der Waals surface area contributed by atoms with Crippen LogP contribution < -0.4 is 10.0 Å². The van der Waals surface area contributed by atoms with Crippen molar-refractivity contribution in [1.29, 1.82) is 0 Å². The second kappa shape index (κ2) is 9.08. The maximum absolute atomic E-state index is 12.8. The van der Waals surface area contributed by atoms with E-state index >= 15 is 0 Å². The Morgan fingerprint density at radius 2 is 1.68 bits per heavy atom. The van der Waals surface area contributed by atoms with Crippen LogP contribution in [0.25, 0.3) is 22.0 Å². The van der Waals surface area contributed by atoms with E-state index < -0.39 is 10.0 Å². The number of hydrogen-bond acceptors (Lipinski definition) is 4. The smallest absolute Gasteiger partial charge is 0.255 e. The Labute approximate surface area is 203 Å². The minimum Gasteiger partial charge on any atom is -0.322 e. The van der Waals surface area contributed by atoms with E-state index in [0.29, 0.717) is 34.8 Å². The van der Waals surface area contributed by atoms with Crippen LogP contribution in [0.2, 0.25) is 5.02 Å². The third-order valence-corrected chi connectivity index (χ3v) is 8.25. The Balaban J connectivity index is 1.35. The van der Waals surface area contributed by atoms with Gasteiger partial charge in [-0.3, -0.25) is 14.5 Å². The van der Waals surface area contributed by atoms with Crippen molar-refractivity contribution in [1.82, 2.24) is 4.98 Å². The summed E-state index contributed by atoms with van der Waals surface area (Å²) in [4.78, 5) is 17.3. The first-order valence-electron chi connectivity index (χ1n) is 11.0. The Hall–Kier alpha value is -3.42. The number of amides is 1. The summed E-state index contributed by atoms with van der Waals surface area (Å²) in [5, 5.41) is 5.10. The maximum Gasteiger partial charge on any atom is 0.255 e. The number of fused-ring (bicyclic) bond motifs is 1. The molecule has 0 saturated heterocycles. The van der Waals surface area contributed by atoms with Crippen LogP contribution in [-0.4, -0.2) is 24.6 Å². The molecule has 172 valence electrons. The number of pyridine rings is 1. The third-order valence-electron chi connectivity index (χ3n) is 6.05. The van der Waals surface area contributed by atoms with E-state index in [0.717, 1.165) is 28.5 Å². The second-order valence-corrected chi connectivity index (χ2v) is 10.7. The molecule has 5 rings (SSSR count). The number of hydrogen-bond donors (Lipinski definition) is 2. The molecule has 0 atom stereocenters. The van der Waals surface area contributed by atoms with Gasteiger partial charge in [0.1, 0.15) is 0 Å². The molecule has 0 aliphatic heterocycles. The molecular formula is C26H22ClN3O3S. The molecule has 0 radical (unpaired) electrons. The molecule has 1 heterocycles. The SMILES string of the molecule is O=C(Nc1ccc(Cl)c(-c2nccc3ccccc23)c1)c1ccc(NS(=O)(=O)C2CCC2)cc1. The zero-order valence-corrected chi connectivity index (χ0v) is 19.7. The first-order chi connectivity index (χ1) is 16.4. The monoisotopic (exact) mass is 491 g/mol. The predicted octanol–water partition coefficient (Wildman–Crippen LogP) is 6.10. The van der Waals surface area contributed by atoms with Gasteiger partial charge in [-0.2, -0.15) is 0 Å². The molecule has 1 aliphatic carbocycles. The van der Waals surface area contributed by atoms with Crippen molar-refractivity contribution in [3.8, 4) is 11.3 Å². The minimum absolute atomic E-state index is 0.312. The van der Waals surface area contributed by atoms with Crippen molar-refractivity contribution < 1.29 is 13.2 Å². The Morgan fingerprint density at radius 3 is 2.41 bits per heavy atom. The quantitative estimate of drug-likeness (QED) is 0.341. The lowest BCUT2D eigenvalue weighted by Crippen LogP contribution is -2.33. The van der Waals surface area contributed by atoms with E-state index in [2.05, 4.69) is 15.0 Å². The molecule has 1 aliphatic rings. The van der Waals surface area contributed by atoms with Crippen molar-refractivity contribution in [2.24, 2.45) is 0 Å². The van der Waals surface area contributed by atoms with Crippen molar-refractivity contribution in [3.05, 3.63) is 89.6 Å². The van der Waals surface area contributed by atoms with Gasteiger partial charge in [-0.25, -0.2) is 8.42 Å². The summed E-state index contributed by atoms with van der Waals surface area (Å²) in [7, 11) is -3.38. The number of nitrogens with zero attached hydrogens (tertiary/aromatic N) is 1. The van der Waals surface area contributed by atoms with Gasteiger partial charge in [-0.1, -0.05) is 42.3 Å². The number of sulfonamides is 1. The van der Waals surface area contributed by atoms with Gasteiger partial charge in [0, 0.05) is 34.1 Å². The van der Waals surface area contributed by atoms with E-state index in [1.165, 1.54) is 0 Å². The molecule has 34 heavy (non-hydrogen) atoms. The van der Waals surface area contributed by atoms with Gasteiger partial charge in [-0.05, 0) is 66.8 Å². The van der Waals surface area contributed by atoms with Gasteiger partial charge in [-0.15, -0.1) is 0 Å². The largest absolute Gasteiger partial charge is 0.322 e.